The number of rotatable bonds is 1. The standard InChI is InChI=1S/C9H14N2O.ClH/c1-5-2-8(11-12-5)9-6-3-10-4-7(6)9;/h5-7,9-10H,2-4H2,1H3;1H/t5?,6-,7+,9?;. The van der Waals surface area contributed by atoms with Crippen LogP contribution in [-0.2, 0) is 4.84 Å². The van der Waals surface area contributed by atoms with Crippen molar-refractivity contribution in [1.29, 1.82) is 0 Å². The second-order valence-electron chi connectivity index (χ2n) is 4.21. The number of hydrogen-bond acceptors (Lipinski definition) is 3. The molecule has 3 nitrogen and oxygen atoms in total. The van der Waals surface area contributed by atoms with Gasteiger partial charge >= 0.3 is 0 Å². The average molecular weight is 203 g/mol. The molecular weight excluding hydrogens is 188 g/mol. The third-order valence-electron chi connectivity index (χ3n) is 3.32. The average Bonchev–Trinajstić information content (AvgIpc) is 2.55. The Balaban J connectivity index is 0.000000653. The number of nitrogens with one attached hydrogen (secondary N) is 1. The van der Waals surface area contributed by atoms with E-state index in [2.05, 4.69) is 17.4 Å². The molecule has 0 aromatic heterocycles. The fourth-order valence-electron chi connectivity index (χ4n) is 2.64. The van der Waals surface area contributed by atoms with E-state index in [0.29, 0.717) is 6.10 Å². The first-order chi connectivity index (χ1) is 5.86. The fraction of sp³-hybridized carbons (Fsp3) is 0.889. The van der Waals surface area contributed by atoms with Crippen LogP contribution >= 0.6 is 12.4 Å². The molecule has 0 bridgehead atoms. The number of hydrogen-bond donors (Lipinski definition) is 1. The lowest BCUT2D eigenvalue weighted by Crippen LogP contribution is -2.18. The van der Waals surface area contributed by atoms with Gasteiger partial charge in [-0.3, -0.25) is 0 Å². The lowest BCUT2D eigenvalue weighted by molar-refractivity contribution is 0.0995. The summed E-state index contributed by atoms with van der Waals surface area (Å²) < 4.78 is 0. The fourth-order valence-corrected chi connectivity index (χ4v) is 2.64. The molecule has 0 aromatic carbocycles. The lowest BCUT2D eigenvalue weighted by atomic mass is 10.1. The van der Waals surface area contributed by atoms with E-state index < -0.39 is 0 Å². The van der Waals surface area contributed by atoms with E-state index in [1.807, 2.05) is 0 Å². The molecule has 2 fully saturated rings. The molecule has 3 aliphatic rings. The molecule has 1 N–H and O–H groups in total. The van der Waals surface area contributed by atoms with Crippen molar-refractivity contribution in [2.75, 3.05) is 13.1 Å². The normalized spacial score (nSPS) is 46.1. The van der Waals surface area contributed by atoms with E-state index in [1.54, 1.807) is 0 Å². The van der Waals surface area contributed by atoms with Crippen LogP contribution in [0.2, 0.25) is 0 Å². The van der Waals surface area contributed by atoms with Crippen LogP contribution in [0.15, 0.2) is 5.16 Å². The zero-order valence-electron chi connectivity index (χ0n) is 7.69. The summed E-state index contributed by atoms with van der Waals surface area (Å²) in [5, 5.41) is 7.54. The van der Waals surface area contributed by atoms with Gasteiger partial charge in [0.05, 0.1) is 5.71 Å². The van der Waals surface area contributed by atoms with Gasteiger partial charge in [-0.05, 0) is 31.8 Å². The van der Waals surface area contributed by atoms with E-state index >= 15 is 0 Å². The predicted octanol–water partition coefficient (Wildman–Crippen LogP) is 1.04. The first-order valence-corrected chi connectivity index (χ1v) is 4.79. The summed E-state index contributed by atoms with van der Waals surface area (Å²) in [7, 11) is 0. The molecule has 74 valence electrons. The molecule has 1 saturated carbocycles. The van der Waals surface area contributed by atoms with Crippen molar-refractivity contribution in [2.45, 2.75) is 19.4 Å². The quantitative estimate of drug-likeness (QED) is 0.690. The van der Waals surface area contributed by atoms with Crippen LogP contribution in [0.3, 0.4) is 0 Å². The number of oxime groups is 1. The number of nitrogens with zero attached hydrogens (tertiary/aromatic N) is 1. The maximum Gasteiger partial charge on any atom is 0.130 e. The SMILES string of the molecule is CC1CC(C2[C@H]3CNC[C@@H]23)=NO1.Cl. The van der Waals surface area contributed by atoms with Gasteiger partial charge in [0.1, 0.15) is 6.10 Å². The molecule has 1 saturated heterocycles. The number of halogens is 1. The zero-order chi connectivity index (χ0) is 8.13. The van der Waals surface area contributed by atoms with Crippen molar-refractivity contribution >= 4 is 18.1 Å². The third kappa shape index (κ3) is 1.34. The molecule has 2 heterocycles. The second-order valence-corrected chi connectivity index (χ2v) is 4.21. The second kappa shape index (κ2) is 3.14. The molecule has 3 rings (SSSR count). The smallest absolute Gasteiger partial charge is 0.130 e. The number of fused-ring (bicyclic) bond motifs is 1. The minimum absolute atomic E-state index is 0. The summed E-state index contributed by atoms with van der Waals surface area (Å²) in [5.74, 6) is 2.55. The molecule has 0 radical (unpaired) electrons. The molecule has 2 aliphatic heterocycles. The summed E-state index contributed by atoms with van der Waals surface area (Å²) in [6.45, 7) is 4.48. The Hall–Kier alpha value is -0.280. The van der Waals surface area contributed by atoms with Gasteiger partial charge in [-0.15, -0.1) is 12.4 Å². The molecule has 4 heteroatoms. The predicted molar refractivity (Wildman–Crippen MR) is 53.2 cm³/mol. The van der Waals surface area contributed by atoms with Gasteiger partial charge in [-0.2, -0.15) is 0 Å². The monoisotopic (exact) mass is 202 g/mol. The summed E-state index contributed by atoms with van der Waals surface area (Å²) in [6.07, 6.45) is 1.40. The Morgan fingerprint density at radius 3 is 2.62 bits per heavy atom. The summed E-state index contributed by atoms with van der Waals surface area (Å²) >= 11 is 0. The van der Waals surface area contributed by atoms with Crippen molar-refractivity contribution in [3.05, 3.63) is 0 Å². The lowest BCUT2D eigenvalue weighted by Gasteiger charge is -2.01. The van der Waals surface area contributed by atoms with Crippen molar-refractivity contribution in [1.82, 2.24) is 5.32 Å². The van der Waals surface area contributed by atoms with Crippen molar-refractivity contribution < 1.29 is 4.84 Å². The van der Waals surface area contributed by atoms with Crippen LogP contribution in [0.4, 0.5) is 0 Å². The van der Waals surface area contributed by atoms with Gasteiger partial charge in [0, 0.05) is 12.3 Å². The summed E-state index contributed by atoms with van der Waals surface area (Å²) in [6, 6.07) is 0. The molecule has 13 heavy (non-hydrogen) atoms. The highest BCUT2D eigenvalue weighted by Gasteiger charge is 2.56. The minimum Gasteiger partial charge on any atom is -0.392 e. The highest BCUT2D eigenvalue weighted by atomic mass is 35.5. The van der Waals surface area contributed by atoms with Gasteiger partial charge in [0.25, 0.3) is 0 Å². The summed E-state index contributed by atoms with van der Waals surface area (Å²) in [4.78, 5) is 5.20. The maximum absolute atomic E-state index is 5.20. The molecular formula is C9H15ClN2O. The van der Waals surface area contributed by atoms with Crippen LogP contribution in [-0.4, -0.2) is 24.9 Å². The van der Waals surface area contributed by atoms with Gasteiger partial charge in [0.15, 0.2) is 0 Å². The van der Waals surface area contributed by atoms with Gasteiger partial charge in [-0.25, -0.2) is 0 Å². The first kappa shape index (κ1) is 9.28. The van der Waals surface area contributed by atoms with Gasteiger partial charge in [-0.1, -0.05) is 5.16 Å². The van der Waals surface area contributed by atoms with E-state index in [9.17, 15) is 0 Å². The highest BCUT2D eigenvalue weighted by molar-refractivity contribution is 5.90. The maximum atomic E-state index is 5.20. The Morgan fingerprint density at radius 1 is 1.38 bits per heavy atom. The molecule has 0 amide bonds. The Bertz CT molecular complexity index is 234. The Labute approximate surface area is 84.3 Å². The first-order valence-electron chi connectivity index (χ1n) is 4.79. The van der Waals surface area contributed by atoms with Crippen LogP contribution in [0, 0.1) is 17.8 Å². The van der Waals surface area contributed by atoms with E-state index in [1.165, 1.54) is 18.8 Å². The van der Waals surface area contributed by atoms with Crippen molar-refractivity contribution in [2.24, 2.45) is 22.9 Å². The summed E-state index contributed by atoms with van der Waals surface area (Å²) in [5.41, 5.74) is 1.33. The van der Waals surface area contributed by atoms with Crippen LogP contribution in [0.1, 0.15) is 13.3 Å². The van der Waals surface area contributed by atoms with Crippen LogP contribution < -0.4 is 5.32 Å². The molecule has 0 aromatic rings. The highest BCUT2D eigenvalue weighted by Crippen LogP contribution is 2.50. The Kier molecular flexibility index (Phi) is 2.24. The van der Waals surface area contributed by atoms with Crippen LogP contribution in [0.5, 0.6) is 0 Å². The van der Waals surface area contributed by atoms with E-state index in [0.717, 1.165) is 24.2 Å². The van der Waals surface area contributed by atoms with Gasteiger partial charge in [0.2, 0.25) is 0 Å². The molecule has 0 spiro atoms. The van der Waals surface area contributed by atoms with E-state index in [4.69, 9.17) is 4.84 Å². The molecule has 4 atom stereocenters. The molecule has 1 aliphatic carbocycles. The van der Waals surface area contributed by atoms with E-state index in [-0.39, 0.29) is 12.4 Å². The van der Waals surface area contributed by atoms with Crippen molar-refractivity contribution in [3.63, 3.8) is 0 Å². The van der Waals surface area contributed by atoms with Gasteiger partial charge < -0.3 is 10.2 Å². The topological polar surface area (TPSA) is 33.6 Å². The minimum atomic E-state index is 0. The van der Waals surface area contributed by atoms with Crippen molar-refractivity contribution in [3.8, 4) is 0 Å². The molecule has 2 unspecified atom stereocenters. The zero-order valence-corrected chi connectivity index (χ0v) is 8.51. The van der Waals surface area contributed by atoms with Crippen LogP contribution in [0.25, 0.3) is 0 Å². The third-order valence-corrected chi connectivity index (χ3v) is 3.32. The Morgan fingerprint density at radius 2 is 2.08 bits per heavy atom. The number of piperidine rings is 1. The largest absolute Gasteiger partial charge is 0.392 e.